The number of carbonyl (C=O) groups is 1. The summed E-state index contributed by atoms with van der Waals surface area (Å²) in [5, 5.41) is 5.00. The van der Waals surface area contributed by atoms with Gasteiger partial charge in [-0.2, -0.15) is 4.39 Å². The number of hydrogen-bond acceptors (Lipinski definition) is 4. The van der Waals surface area contributed by atoms with Crippen LogP contribution >= 0.6 is 27.3 Å². The predicted molar refractivity (Wildman–Crippen MR) is 105 cm³/mol. The maximum absolute atomic E-state index is 14.4. The molecular formula is C19H15BrF2N2O2S. The number of primary amides is 1. The van der Waals surface area contributed by atoms with Gasteiger partial charge in [0.1, 0.15) is 0 Å². The van der Waals surface area contributed by atoms with Crippen LogP contribution in [0.5, 0.6) is 5.75 Å². The van der Waals surface area contributed by atoms with Crippen LogP contribution in [-0.2, 0) is 0 Å². The van der Waals surface area contributed by atoms with Crippen LogP contribution in [0.3, 0.4) is 0 Å². The van der Waals surface area contributed by atoms with Gasteiger partial charge in [-0.1, -0.05) is 22.0 Å². The summed E-state index contributed by atoms with van der Waals surface area (Å²) in [6.07, 6.45) is -0.848. The Morgan fingerprint density at radius 1 is 1.26 bits per heavy atom. The van der Waals surface area contributed by atoms with E-state index < -0.39 is 29.5 Å². The zero-order chi connectivity index (χ0) is 19.6. The van der Waals surface area contributed by atoms with Crippen molar-refractivity contribution >= 4 is 38.9 Å². The molecule has 1 unspecified atom stereocenters. The van der Waals surface area contributed by atoms with Crippen molar-refractivity contribution in [3.05, 3.63) is 80.0 Å². The molecule has 27 heavy (non-hydrogen) atoms. The van der Waals surface area contributed by atoms with Gasteiger partial charge in [-0.05, 0) is 54.3 Å². The summed E-state index contributed by atoms with van der Waals surface area (Å²) >= 11 is 4.77. The molecule has 0 fully saturated rings. The van der Waals surface area contributed by atoms with E-state index >= 15 is 0 Å². The van der Waals surface area contributed by atoms with E-state index in [2.05, 4.69) is 21.2 Å². The zero-order valence-electron chi connectivity index (χ0n) is 14.1. The molecule has 140 valence electrons. The highest BCUT2D eigenvalue weighted by atomic mass is 79.9. The Balaban J connectivity index is 2.01. The number of halogens is 3. The van der Waals surface area contributed by atoms with Gasteiger partial charge >= 0.3 is 0 Å². The highest BCUT2D eigenvalue weighted by molar-refractivity contribution is 9.10. The van der Waals surface area contributed by atoms with E-state index in [4.69, 9.17) is 10.5 Å². The van der Waals surface area contributed by atoms with Crippen LogP contribution in [0.2, 0.25) is 0 Å². The first-order valence-electron chi connectivity index (χ1n) is 7.87. The number of hydrogen-bond donors (Lipinski definition) is 2. The number of carbonyl (C=O) groups excluding carboxylic acids is 1. The zero-order valence-corrected chi connectivity index (χ0v) is 16.5. The van der Waals surface area contributed by atoms with E-state index in [0.717, 1.165) is 32.7 Å². The second-order valence-corrected chi connectivity index (χ2v) is 7.61. The van der Waals surface area contributed by atoms with E-state index in [9.17, 15) is 13.6 Å². The number of thiophene rings is 1. The number of anilines is 1. The maximum Gasteiger partial charge on any atom is 0.252 e. The normalized spacial score (nSPS) is 11.9. The summed E-state index contributed by atoms with van der Waals surface area (Å²) in [5.41, 5.74) is 6.72. The maximum atomic E-state index is 14.4. The monoisotopic (exact) mass is 452 g/mol. The molecule has 0 aliphatic heterocycles. The van der Waals surface area contributed by atoms with Crippen molar-refractivity contribution in [2.45, 2.75) is 13.2 Å². The molecular weight excluding hydrogens is 438 g/mol. The number of ether oxygens (including phenoxy) is 1. The molecule has 3 rings (SSSR count). The summed E-state index contributed by atoms with van der Waals surface area (Å²) in [6, 6.07) is 11.1. The molecule has 4 nitrogen and oxygen atoms in total. The molecule has 1 aromatic heterocycles. The fraction of sp³-hybridized carbons (Fsp3) is 0.105. The Morgan fingerprint density at radius 3 is 2.67 bits per heavy atom. The van der Waals surface area contributed by atoms with Gasteiger partial charge in [0.15, 0.2) is 11.6 Å². The molecule has 0 aliphatic carbocycles. The van der Waals surface area contributed by atoms with Crippen LogP contribution in [0.25, 0.3) is 0 Å². The lowest BCUT2D eigenvalue weighted by molar-refractivity contribution is 0.0992. The van der Waals surface area contributed by atoms with E-state index in [1.807, 2.05) is 36.6 Å². The third-order valence-electron chi connectivity index (χ3n) is 3.83. The first-order valence-corrected chi connectivity index (χ1v) is 9.54. The lowest BCUT2D eigenvalue weighted by Crippen LogP contribution is -2.21. The van der Waals surface area contributed by atoms with Crippen LogP contribution in [-0.4, -0.2) is 5.91 Å². The second kappa shape index (κ2) is 8.06. The molecule has 0 aliphatic rings. The van der Waals surface area contributed by atoms with Gasteiger partial charge in [0.05, 0.1) is 10.4 Å². The Hall–Kier alpha value is -2.45. The highest BCUT2D eigenvalue weighted by Crippen LogP contribution is 2.33. The lowest BCUT2D eigenvalue weighted by Gasteiger charge is -2.23. The fourth-order valence-electron chi connectivity index (χ4n) is 2.49. The topological polar surface area (TPSA) is 64.3 Å². The van der Waals surface area contributed by atoms with Crippen LogP contribution in [0.1, 0.15) is 27.0 Å². The van der Waals surface area contributed by atoms with Crippen molar-refractivity contribution in [2.75, 3.05) is 5.32 Å². The third kappa shape index (κ3) is 4.28. The smallest absolute Gasteiger partial charge is 0.252 e. The molecule has 0 bridgehead atoms. The number of aryl methyl sites for hydroxylation is 1. The molecule has 8 heteroatoms. The molecule has 0 radical (unpaired) electrons. The average molecular weight is 453 g/mol. The number of nitrogens with two attached hydrogens (primary N) is 1. The molecule has 1 atom stereocenters. The molecule has 0 spiro atoms. The second-order valence-electron chi connectivity index (χ2n) is 5.72. The van der Waals surface area contributed by atoms with Crippen molar-refractivity contribution in [1.29, 1.82) is 0 Å². The molecule has 1 heterocycles. The molecule has 0 saturated heterocycles. The Kier molecular flexibility index (Phi) is 5.76. The summed E-state index contributed by atoms with van der Waals surface area (Å²) in [7, 11) is 0. The van der Waals surface area contributed by atoms with E-state index in [1.165, 1.54) is 11.3 Å². The number of rotatable bonds is 6. The van der Waals surface area contributed by atoms with E-state index in [1.54, 1.807) is 6.07 Å². The Morgan fingerprint density at radius 2 is 2.04 bits per heavy atom. The van der Waals surface area contributed by atoms with Crippen molar-refractivity contribution in [1.82, 2.24) is 0 Å². The van der Waals surface area contributed by atoms with Gasteiger partial charge in [-0.25, -0.2) is 4.39 Å². The van der Waals surface area contributed by atoms with Crippen LogP contribution < -0.4 is 15.8 Å². The minimum absolute atomic E-state index is 0.232. The van der Waals surface area contributed by atoms with Gasteiger partial charge in [0.25, 0.3) is 5.91 Å². The van der Waals surface area contributed by atoms with Crippen LogP contribution in [0.4, 0.5) is 14.5 Å². The Labute approximate surface area is 167 Å². The Bertz CT molecular complexity index is 980. The summed E-state index contributed by atoms with van der Waals surface area (Å²) < 4.78 is 34.7. The molecule has 2 aromatic carbocycles. The van der Waals surface area contributed by atoms with Gasteiger partial charge in [0.2, 0.25) is 12.0 Å². The van der Waals surface area contributed by atoms with Crippen molar-refractivity contribution in [2.24, 2.45) is 5.73 Å². The predicted octanol–water partition coefficient (Wildman–Crippen LogP) is 5.39. The first kappa shape index (κ1) is 19.3. The van der Waals surface area contributed by atoms with Gasteiger partial charge in [-0.3, -0.25) is 4.79 Å². The molecule has 1 amide bonds. The largest absolute Gasteiger partial charge is 0.462 e. The fourth-order valence-corrected chi connectivity index (χ4v) is 3.67. The SMILES string of the molecule is Cc1cc(Br)ccc1NC(Oc1c(C(N)=O)ccc(F)c1F)c1cccs1. The third-order valence-corrected chi connectivity index (χ3v) is 5.24. The quantitative estimate of drug-likeness (QED) is 0.493. The molecule has 3 aromatic rings. The lowest BCUT2D eigenvalue weighted by atomic mass is 10.1. The summed E-state index contributed by atoms with van der Waals surface area (Å²) in [6.45, 7) is 1.90. The van der Waals surface area contributed by atoms with Gasteiger partial charge < -0.3 is 15.8 Å². The number of nitrogens with one attached hydrogen (secondary N) is 1. The summed E-state index contributed by atoms with van der Waals surface area (Å²) in [4.78, 5) is 12.4. The van der Waals surface area contributed by atoms with Crippen molar-refractivity contribution in [3.8, 4) is 5.75 Å². The number of benzene rings is 2. The van der Waals surface area contributed by atoms with Crippen molar-refractivity contribution in [3.63, 3.8) is 0 Å². The molecule has 3 N–H and O–H groups in total. The first-order chi connectivity index (χ1) is 12.9. The van der Waals surface area contributed by atoms with E-state index in [0.29, 0.717) is 0 Å². The van der Waals surface area contributed by atoms with Gasteiger partial charge in [-0.15, -0.1) is 11.3 Å². The minimum atomic E-state index is -1.26. The van der Waals surface area contributed by atoms with Crippen molar-refractivity contribution < 1.29 is 18.3 Å². The average Bonchev–Trinajstić information content (AvgIpc) is 3.14. The standard InChI is InChI=1S/C19H15BrF2N2O2S/c1-10-9-11(20)4-7-14(10)24-19(15-3-2-8-27-15)26-17-12(18(23)25)5-6-13(21)16(17)22/h2-9,19,24H,1H3,(H2,23,25). The summed E-state index contributed by atoms with van der Waals surface area (Å²) in [5.74, 6) is -3.82. The minimum Gasteiger partial charge on any atom is -0.462 e. The van der Waals surface area contributed by atoms with Crippen LogP contribution in [0, 0.1) is 18.6 Å². The van der Waals surface area contributed by atoms with E-state index in [-0.39, 0.29) is 5.56 Å². The van der Waals surface area contributed by atoms with Crippen LogP contribution in [0.15, 0.2) is 52.3 Å². The molecule has 0 saturated carbocycles. The highest BCUT2D eigenvalue weighted by Gasteiger charge is 2.24. The van der Waals surface area contributed by atoms with Gasteiger partial charge in [0, 0.05) is 10.2 Å². The number of amides is 1.